The lowest BCUT2D eigenvalue weighted by Crippen LogP contribution is -2.13. The Morgan fingerprint density at radius 2 is 1.61 bits per heavy atom. The van der Waals surface area contributed by atoms with E-state index in [9.17, 15) is 8.42 Å². The zero-order valence-electron chi connectivity index (χ0n) is 11.9. The minimum Gasteiger partial charge on any atom is -0.248 e. The summed E-state index contributed by atoms with van der Waals surface area (Å²) in [7, 11) is -2.33. The lowest BCUT2D eigenvalue weighted by Gasteiger charge is -2.06. The number of nitrogens with zero attached hydrogens (tertiary/aromatic N) is 3. The van der Waals surface area contributed by atoms with Gasteiger partial charge in [0.05, 0.1) is 6.54 Å². The summed E-state index contributed by atoms with van der Waals surface area (Å²) < 4.78 is 24.5. The lowest BCUT2D eigenvalue weighted by atomic mass is 10.0. The van der Waals surface area contributed by atoms with Crippen LogP contribution in [0.25, 0.3) is 11.1 Å². The summed E-state index contributed by atoms with van der Waals surface area (Å²) >= 11 is 5.88. The largest absolute Gasteiger partial charge is 0.248 e. The summed E-state index contributed by atoms with van der Waals surface area (Å²) in [5.41, 5.74) is 2.63. The third-order valence-electron chi connectivity index (χ3n) is 3.36. The third-order valence-corrected chi connectivity index (χ3v) is 4.38. The highest BCUT2D eigenvalue weighted by atomic mass is 35.5. The van der Waals surface area contributed by atoms with E-state index >= 15 is 0 Å². The second kappa shape index (κ2) is 6.76. The second-order valence-electron chi connectivity index (χ2n) is 4.84. The van der Waals surface area contributed by atoms with Crippen molar-refractivity contribution < 1.29 is 8.42 Å². The van der Waals surface area contributed by atoms with Crippen molar-refractivity contribution in [3.05, 3.63) is 71.8 Å². The Bertz CT molecular complexity index is 924. The molecule has 0 atom stereocenters. The quantitative estimate of drug-likeness (QED) is 0.538. The smallest absolute Gasteiger partial charge is 0.219 e. The van der Waals surface area contributed by atoms with Gasteiger partial charge in [0.1, 0.15) is 17.5 Å². The summed E-state index contributed by atoms with van der Waals surface area (Å²) in [5, 5.41) is 4.61. The average Bonchev–Trinajstić information content (AvgIpc) is 3.07. The van der Waals surface area contributed by atoms with Crippen LogP contribution in [-0.2, 0) is 16.8 Å². The van der Waals surface area contributed by atoms with E-state index in [-0.39, 0.29) is 11.4 Å². The van der Waals surface area contributed by atoms with E-state index in [4.69, 9.17) is 11.6 Å². The van der Waals surface area contributed by atoms with Crippen molar-refractivity contribution in [1.82, 2.24) is 14.8 Å². The van der Waals surface area contributed by atoms with Gasteiger partial charge in [-0.15, -0.1) is 0 Å². The molecule has 23 heavy (non-hydrogen) atoms. The van der Waals surface area contributed by atoms with Crippen LogP contribution >= 0.6 is 11.6 Å². The molecule has 0 fully saturated rings. The molecule has 0 saturated carbocycles. The maximum Gasteiger partial charge on any atom is 0.219 e. The van der Waals surface area contributed by atoms with Crippen LogP contribution in [-0.4, -0.2) is 28.0 Å². The Hall–Kier alpha value is -2.44. The first kappa shape index (κ1) is 15.5. The monoisotopic (exact) mass is 345 g/mol. The van der Waals surface area contributed by atoms with E-state index in [1.54, 1.807) is 12.1 Å². The molecular formula is C16H12ClN3O2S. The summed E-state index contributed by atoms with van der Waals surface area (Å²) in [4.78, 5) is 4.08. The molecular weight excluding hydrogens is 334 g/mol. The van der Waals surface area contributed by atoms with Crippen molar-refractivity contribution in [1.29, 1.82) is 0 Å². The maximum absolute atomic E-state index is 11.5. The fraction of sp³-hybridized carbons (Fsp3) is 0.0625. The van der Waals surface area contributed by atoms with Crippen molar-refractivity contribution in [2.45, 2.75) is 6.54 Å². The summed E-state index contributed by atoms with van der Waals surface area (Å²) in [6, 6.07) is 14.8. The van der Waals surface area contributed by atoms with Crippen LogP contribution in [0.3, 0.4) is 0 Å². The Kier molecular flexibility index (Phi) is 4.55. The van der Waals surface area contributed by atoms with Gasteiger partial charge in [-0.25, -0.2) is 9.67 Å². The average molecular weight is 346 g/mol. The molecule has 116 valence electrons. The van der Waals surface area contributed by atoms with Crippen LogP contribution in [0.2, 0.25) is 5.02 Å². The van der Waals surface area contributed by atoms with Gasteiger partial charge in [0.25, 0.3) is 0 Å². The van der Waals surface area contributed by atoms with Crippen LogP contribution in [0, 0.1) is 0 Å². The van der Waals surface area contributed by atoms with Crippen molar-refractivity contribution in [3.8, 4) is 11.1 Å². The van der Waals surface area contributed by atoms with Gasteiger partial charge < -0.3 is 0 Å². The topological polar surface area (TPSA) is 64.8 Å². The van der Waals surface area contributed by atoms with Gasteiger partial charge in [-0.3, -0.25) is 0 Å². The van der Waals surface area contributed by atoms with Crippen LogP contribution < -0.4 is 0 Å². The number of hydrogen-bond acceptors (Lipinski definition) is 4. The molecule has 1 aromatic heterocycles. The Morgan fingerprint density at radius 1 is 1.00 bits per heavy atom. The van der Waals surface area contributed by atoms with Crippen LogP contribution in [0.1, 0.15) is 5.56 Å². The molecule has 0 N–H and O–H groups in total. The van der Waals surface area contributed by atoms with Gasteiger partial charge in [0, 0.05) is 5.02 Å². The summed E-state index contributed by atoms with van der Waals surface area (Å²) in [5.74, 6) is 0. The fourth-order valence-corrected chi connectivity index (χ4v) is 2.88. The molecule has 0 aliphatic rings. The number of rotatable bonds is 4. The molecule has 0 aliphatic heterocycles. The van der Waals surface area contributed by atoms with Gasteiger partial charge in [-0.05, 0) is 28.8 Å². The van der Waals surface area contributed by atoms with Gasteiger partial charge in [-0.2, -0.15) is 13.5 Å². The molecule has 5 nitrogen and oxygen atoms in total. The van der Waals surface area contributed by atoms with Gasteiger partial charge in [0.15, 0.2) is 0 Å². The van der Waals surface area contributed by atoms with Crippen molar-refractivity contribution >= 4 is 26.8 Å². The molecule has 3 aromatic rings. The minimum absolute atomic E-state index is 0.149. The van der Waals surface area contributed by atoms with Crippen molar-refractivity contribution in [2.24, 2.45) is 0 Å². The van der Waals surface area contributed by atoms with Gasteiger partial charge >= 0.3 is 0 Å². The van der Waals surface area contributed by atoms with Gasteiger partial charge in [0.2, 0.25) is 10.3 Å². The third kappa shape index (κ3) is 3.67. The summed E-state index contributed by atoms with van der Waals surface area (Å²) in [6.45, 7) is 0.149. The molecule has 2 aromatic carbocycles. The molecule has 3 rings (SSSR count). The van der Waals surface area contributed by atoms with E-state index in [1.165, 1.54) is 17.3 Å². The first-order valence-corrected chi connectivity index (χ1v) is 8.22. The second-order valence-corrected chi connectivity index (χ2v) is 6.23. The zero-order valence-corrected chi connectivity index (χ0v) is 13.5. The molecule has 0 saturated heterocycles. The molecule has 0 amide bonds. The number of aromatic nitrogens is 3. The van der Waals surface area contributed by atoms with Crippen LogP contribution in [0.5, 0.6) is 0 Å². The lowest BCUT2D eigenvalue weighted by molar-refractivity contribution is 0.625. The molecule has 1 heterocycles. The number of hydrogen-bond donors (Lipinski definition) is 0. The highest BCUT2D eigenvalue weighted by Crippen LogP contribution is 2.22. The van der Waals surface area contributed by atoms with E-state index in [1.807, 2.05) is 36.4 Å². The normalized spacial score (nSPS) is 10.5. The van der Waals surface area contributed by atoms with E-state index in [0.29, 0.717) is 10.6 Å². The molecule has 0 radical (unpaired) electrons. The predicted octanol–water partition coefficient (Wildman–Crippen LogP) is 2.70. The Labute approximate surface area is 139 Å². The van der Waals surface area contributed by atoms with Crippen LogP contribution in [0.4, 0.5) is 0 Å². The highest BCUT2D eigenvalue weighted by Gasteiger charge is 2.08. The number of benzene rings is 2. The molecule has 0 unspecified atom stereocenters. The van der Waals surface area contributed by atoms with Crippen molar-refractivity contribution in [3.63, 3.8) is 0 Å². The SMILES string of the molecule is O=S(=O)=C(Cn1cncn1)c1ccc(-c2ccc(Cl)cc2)cc1. The number of halogens is 1. The molecule has 0 spiro atoms. The zero-order chi connectivity index (χ0) is 16.2. The van der Waals surface area contributed by atoms with E-state index in [0.717, 1.165) is 11.1 Å². The van der Waals surface area contributed by atoms with Crippen LogP contribution in [0.15, 0.2) is 61.2 Å². The van der Waals surface area contributed by atoms with E-state index < -0.39 is 10.3 Å². The molecule has 7 heteroatoms. The standard InChI is InChI=1S/C16H12ClN3O2S/c17-15-7-5-13(6-8-15)12-1-3-14(4-2-12)16(23(21)22)9-20-11-18-10-19-20/h1-8,10-11H,9H2. The first-order valence-electron chi connectivity index (χ1n) is 6.77. The molecule has 0 aliphatic carbocycles. The fourth-order valence-electron chi connectivity index (χ4n) is 2.19. The summed E-state index contributed by atoms with van der Waals surface area (Å²) in [6.07, 6.45) is 2.85. The van der Waals surface area contributed by atoms with Crippen molar-refractivity contribution in [2.75, 3.05) is 0 Å². The maximum atomic E-state index is 11.5. The minimum atomic E-state index is -2.33. The van der Waals surface area contributed by atoms with Gasteiger partial charge in [-0.1, -0.05) is 48.0 Å². The Balaban J connectivity index is 1.91. The Morgan fingerprint density at radius 3 is 2.13 bits per heavy atom. The van der Waals surface area contributed by atoms with E-state index in [2.05, 4.69) is 10.1 Å². The predicted molar refractivity (Wildman–Crippen MR) is 89.9 cm³/mol. The highest BCUT2D eigenvalue weighted by molar-refractivity contribution is 7.73. The molecule has 0 bridgehead atoms. The first-order chi connectivity index (χ1) is 11.1.